The molecule has 210 valence electrons. The number of nitrogens with zero attached hydrogens (tertiary/aromatic N) is 4. The molecule has 0 aliphatic heterocycles. The van der Waals surface area contributed by atoms with E-state index in [1.807, 2.05) is 66.7 Å². The lowest BCUT2D eigenvalue weighted by Crippen LogP contribution is -2.33. The van der Waals surface area contributed by atoms with Gasteiger partial charge in [-0.2, -0.15) is 0 Å². The third kappa shape index (κ3) is 5.18. The summed E-state index contributed by atoms with van der Waals surface area (Å²) in [6.07, 6.45) is 0. The molecule has 5 N–H and O–H groups in total. The minimum Gasteiger partial charge on any atom is -0.366 e. The number of carbonyl (C=O) groups excluding carboxylic acids is 1. The number of carbonyl (C=O) groups is 1. The zero-order valence-corrected chi connectivity index (χ0v) is 23.0. The molecule has 4 heterocycles. The van der Waals surface area contributed by atoms with Crippen molar-refractivity contribution in [3.05, 3.63) is 121 Å². The predicted molar refractivity (Wildman–Crippen MR) is 166 cm³/mol. The quantitative estimate of drug-likeness (QED) is 0.147. The molecule has 7 aromatic rings. The fraction of sp³-hybridized carbons (Fsp3) is 0.0606. The summed E-state index contributed by atoms with van der Waals surface area (Å²) in [5.41, 5.74) is 4.57. The number of rotatable bonds is 7. The summed E-state index contributed by atoms with van der Waals surface area (Å²) < 4.78 is 0. The number of pyridine rings is 2. The minimum atomic E-state index is -1.58. The molecule has 7 rings (SSSR count). The fourth-order valence-corrected chi connectivity index (χ4v) is 4.89. The summed E-state index contributed by atoms with van der Waals surface area (Å²) >= 11 is 0. The highest BCUT2D eigenvalue weighted by molar-refractivity contribution is 6.05. The van der Waals surface area contributed by atoms with E-state index in [0.717, 1.165) is 22.1 Å². The molecule has 1 unspecified atom stereocenters. The zero-order chi connectivity index (χ0) is 29.4. The summed E-state index contributed by atoms with van der Waals surface area (Å²) in [7, 11) is 0. The summed E-state index contributed by atoms with van der Waals surface area (Å²) in [5.74, 6) is 0.770. The molecule has 1 amide bonds. The number of para-hydroxylation sites is 6. The van der Waals surface area contributed by atoms with E-state index in [9.17, 15) is 9.90 Å². The highest BCUT2D eigenvalue weighted by Gasteiger charge is 2.27. The molecule has 0 saturated carbocycles. The second-order valence-corrected chi connectivity index (χ2v) is 10.2. The van der Waals surface area contributed by atoms with Gasteiger partial charge in [0.1, 0.15) is 17.1 Å². The first-order valence-corrected chi connectivity index (χ1v) is 13.7. The van der Waals surface area contributed by atoms with E-state index in [-0.39, 0.29) is 5.69 Å². The number of fused-ring (bicyclic) bond motifs is 2. The maximum Gasteiger partial charge on any atom is 0.274 e. The van der Waals surface area contributed by atoms with Crippen LogP contribution in [0.3, 0.4) is 0 Å². The number of hydrogen-bond donors (Lipinski definition) is 5. The molecule has 0 bridgehead atoms. The SMILES string of the molecule is CC(O)(Nc1ccccc1NC(=O)c1cccc(-c2nc3ccccc3[nH]2)n1)c1cccc(-c2nc3ccccc3[nH]2)n1. The van der Waals surface area contributed by atoms with E-state index in [4.69, 9.17) is 0 Å². The van der Waals surface area contributed by atoms with Gasteiger partial charge in [0, 0.05) is 0 Å². The second kappa shape index (κ2) is 10.5. The van der Waals surface area contributed by atoms with E-state index in [1.54, 1.807) is 49.4 Å². The molecule has 0 saturated heterocycles. The van der Waals surface area contributed by atoms with Crippen LogP contribution in [-0.4, -0.2) is 40.9 Å². The van der Waals surface area contributed by atoms with Crippen LogP contribution in [0.2, 0.25) is 0 Å². The van der Waals surface area contributed by atoms with Gasteiger partial charge in [-0.1, -0.05) is 48.5 Å². The third-order valence-electron chi connectivity index (χ3n) is 7.05. The monoisotopic (exact) mass is 566 g/mol. The van der Waals surface area contributed by atoms with Gasteiger partial charge in [0.05, 0.1) is 39.1 Å². The van der Waals surface area contributed by atoms with Crippen LogP contribution >= 0.6 is 0 Å². The smallest absolute Gasteiger partial charge is 0.274 e. The van der Waals surface area contributed by atoms with Crippen LogP contribution in [0.5, 0.6) is 0 Å². The van der Waals surface area contributed by atoms with Gasteiger partial charge < -0.3 is 25.7 Å². The van der Waals surface area contributed by atoms with Crippen molar-refractivity contribution in [3.8, 4) is 23.0 Å². The van der Waals surface area contributed by atoms with Crippen LogP contribution in [0.25, 0.3) is 45.1 Å². The van der Waals surface area contributed by atoms with Gasteiger partial charge in [-0.25, -0.2) is 19.9 Å². The molecule has 0 aliphatic rings. The van der Waals surface area contributed by atoms with Gasteiger partial charge in [-0.3, -0.25) is 4.79 Å². The lowest BCUT2D eigenvalue weighted by atomic mass is 10.1. The van der Waals surface area contributed by atoms with Crippen molar-refractivity contribution < 1.29 is 9.90 Å². The Hall–Kier alpha value is -5.87. The number of benzene rings is 3. The maximum absolute atomic E-state index is 13.3. The van der Waals surface area contributed by atoms with E-state index in [1.165, 1.54) is 0 Å². The Balaban J connectivity index is 1.12. The van der Waals surface area contributed by atoms with E-state index >= 15 is 0 Å². The van der Waals surface area contributed by atoms with Crippen molar-refractivity contribution in [1.82, 2.24) is 29.9 Å². The maximum atomic E-state index is 13.3. The molecule has 1 atom stereocenters. The minimum absolute atomic E-state index is 0.222. The van der Waals surface area contributed by atoms with E-state index < -0.39 is 11.6 Å². The number of hydrogen-bond acceptors (Lipinski definition) is 7. The Kier molecular flexibility index (Phi) is 6.37. The average molecular weight is 567 g/mol. The largest absolute Gasteiger partial charge is 0.366 e. The molecule has 0 aliphatic carbocycles. The molecule has 0 radical (unpaired) electrons. The standard InChI is InChI=1S/C33H26N8O2/c1-33(43,29-19-9-17-27(35-29)31-38-22-12-4-5-13-23(22)39-31)41-25-15-7-6-14-24(25)40-32(42)28-18-8-16-26(34-28)30-36-20-10-2-3-11-21(20)37-30/h2-19,41,43H,1H3,(H,36,37)(H,38,39)(H,40,42). The lowest BCUT2D eigenvalue weighted by Gasteiger charge is -2.27. The van der Waals surface area contributed by atoms with Crippen molar-refractivity contribution in [1.29, 1.82) is 0 Å². The number of aromatic nitrogens is 6. The van der Waals surface area contributed by atoms with Crippen molar-refractivity contribution in [2.24, 2.45) is 0 Å². The summed E-state index contributed by atoms with van der Waals surface area (Å²) in [4.78, 5) is 38.3. The molecule has 10 heteroatoms. The Morgan fingerprint density at radius 3 is 1.86 bits per heavy atom. The van der Waals surface area contributed by atoms with Crippen LogP contribution in [0, 0.1) is 0 Å². The van der Waals surface area contributed by atoms with Gasteiger partial charge in [0.2, 0.25) is 0 Å². The molecular formula is C33H26N8O2. The highest BCUT2D eigenvalue weighted by Crippen LogP contribution is 2.30. The normalized spacial score (nSPS) is 12.7. The molecule has 43 heavy (non-hydrogen) atoms. The topological polar surface area (TPSA) is 144 Å². The van der Waals surface area contributed by atoms with Crippen LogP contribution in [0.15, 0.2) is 109 Å². The first kappa shape index (κ1) is 26.1. The first-order chi connectivity index (χ1) is 20.9. The molecule has 0 spiro atoms. The van der Waals surface area contributed by atoms with Crippen LogP contribution < -0.4 is 10.6 Å². The lowest BCUT2D eigenvalue weighted by molar-refractivity contribution is 0.0841. The molecule has 0 fully saturated rings. The molecule has 3 aromatic carbocycles. The van der Waals surface area contributed by atoms with Crippen molar-refractivity contribution in [2.75, 3.05) is 10.6 Å². The van der Waals surface area contributed by atoms with Gasteiger partial charge in [0.15, 0.2) is 17.4 Å². The van der Waals surface area contributed by atoms with Crippen LogP contribution in [0.1, 0.15) is 23.1 Å². The summed E-state index contributed by atoms with van der Waals surface area (Å²) in [6.45, 7) is 1.61. The van der Waals surface area contributed by atoms with Gasteiger partial charge >= 0.3 is 0 Å². The third-order valence-corrected chi connectivity index (χ3v) is 7.05. The Labute approximate surface area is 245 Å². The van der Waals surface area contributed by atoms with Crippen LogP contribution in [0.4, 0.5) is 11.4 Å². The zero-order valence-electron chi connectivity index (χ0n) is 23.0. The number of nitrogens with one attached hydrogen (secondary N) is 4. The summed E-state index contributed by atoms with van der Waals surface area (Å²) in [6, 6.07) is 33.1. The molecule has 4 aromatic heterocycles. The second-order valence-electron chi connectivity index (χ2n) is 10.2. The van der Waals surface area contributed by atoms with Crippen molar-refractivity contribution in [3.63, 3.8) is 0 Å². The fourth-order valence-electron chi connectivity index (χ4n) is 4.89. The van der Waals surface area contributed by atoms with Gasteiger partial charge in [-0.05, 0) is 67.6 Å². The van der Waals surface area contributed by atoms with Gasteiger partial charge in [0.25, 0.3) is 5.91 Å². The van der Waals surface area contributed by atoms with E-state index in [0.29, 0.717) is 40.1 Å². The predicted octanol–water partition coefficient (Wildman–Crippen LogP) is 6.09. The van der Waals surface area contributed by atoms with E-state index in [2.05, 4.69) is 40.5 Å². The Bertz CT molecular complexity index is 2050. The number of H-pyrrole nitrogens is 2. The average Bonchev–Trinajstić information content (AvgIpc) is 3.67. The van der Waals surface area contributed by atoms with Crippen molar-refractivity contribution >= 4 is 39.3 Å². The van der Waals surface area contributed by atoms with Crippen LogP contribution in [-0.2, 0) is 5.72 Å². The van der Waals surface area contributed by atoms with Gasteiger partial charge in [-0.15, -0.1) is 0 Å². The number of anilines is 2. The number of imidazole rings is 2. The molecule has 10 nitrogen and oxygen atoms in total. The highest BCUT2D eigenvalue weighted by atomic mass is 16.3. The number of amides is 1. The number of aliphatic hydroxyl groups is 1. The first-order valence-electron chi connectivity index (χ1n) is 13.7. The van der Waals surface area contributed by atoms with Crippen molar-refractivity contribution in [2.45, 2.75) is 12.6 Å². The summed E-state index contributed by atoms with van der Waals surface area (Å²) in [5, 5.41) is 17.6. The number of aromatic amines is 2. The molecular weight excluding hydrogens is 540 g/mol. The Morgan fingerprint density at radius 1 is 0.651 bits per heavy atom. The Morgan fingerprint density at radius 2 is 1.21 bits per heavy atom.